The Hall–Kier alpha value is -2.06. The Labute approximate surface area is 158 Å². The van der Waals surface area contributed by atoms with Gasteiger partial charge in [0.15, 0.2) is 0 Å². The predicted molar refractivity (Wildman–Crippen MR) is 91.5 cm³/mol. The number of piperidine rings is 1. The fourth-order valence-electron chi connectivity index (χ4n) is 3.74. The van der Waals surface area contributed by atoms with Gasteiger partial charge in [0.05, 0.1) is 11.1 Å². The van der Waals surface area contributed by atoms with Gasteiger partial charge in [-0.25, -0.2) is 0 Å². The molecule has 152 valence electrons. The van der Waals surface area contributed by atoms with Gasteiger partial charge >= 0.3 is 12.4 Å². The molecule has 28 heavy (non-hydrogen) atoms. The molecule has 1 heterocycles. The van der Waals surface area contributed by atoms with Gasteiger partial charge in [-0.1, -0.05) is 24.3 Å². The Morgan fingerprint density at radius 3 is 1.50 bits per heavy atom. The quantitative estimate of drug-likeness (QED) is 0.710. The summed E-state index contributed by atoms with van der Waals surface area (Å²) in [4.78, 5) is 0. The van der Waals surface area contributed by atoms with Crippen molar-refractivity contribution in [3.63, 3.8) is 0 Å². The van der Waals surface area contributed by atoms with Crippen LogP contribution in [0.5, 0.6) is 0 Å². The standard InChI is InChI=1S/C20H19F6NO/c21-19(22,23)16-5-1-3-14(11-16)18(28,13-7-9-27-10-8-13)15-4-2-6-17(12-15)20(24,25)26/h1-6,11-13,27-28H,7-10H2. The van der Waals surface area contributed by atoms with Crippen molar-refractivity contribution in [2.75, 3.05) is 13.1 Å². The lowest BCUT2D eigenvalue weighted by atomic mass is 9.71. The van der Waals surface area contributed by atoms with E-state index in [1.165, 1.54) is 12.1 Å². The van der Waals surface area contributed by atoms with Crippen LogP contribution in [-0.4, -0.2) is 18.2 Å². The molecule has 0 spiro atoms. The third-order valence-electron chi connectivity index (χ3n) is 5.19. The van der Waals surface area contributed by atoms with E-state index in [2.05, 4.69) is 5.32 Å². The third-order valence-corrected chi connectivity index (χ3v) is 5.19. The maximum atomic E-state index is 13.2. The zero-order valence-corrected chi connectivity index (χ0v) is 14.7. The topological polar surface area (TPSA) is 32.3 Å². The van der Waals surface area contributed by atoms with Crippen molar-refractivity contribution >= 4 is 0 Å². The van der Waals surface area contributed by atoms with E-state index in [9.17, 15) is 31.4 Å². The van der Waals surface area contributed by atoms with Crippen LogP contribution in [0, 0.1) is 5.92 Å². The lowest BCUT2D eigenvalue weighted by molar-refractivity contribution is -0.138. The second-order valence-electron chi connectivity index (χ2n) is 6.95. The molecule has 1 aliphatic rings. The van der Waals surface area contributed by atoms with Gasteiger partial charge in [0.25, 0.3) is 0 Å². The zero-order chi connectivity index (χ0) is 20.6. The monoisotopic (exact) mass is 403 g/mol. The summed E-state index contributed by atoms with van der Waals surface area (Å²) in [6.45, 7) is 1.04. The van der Waals surface area contributed by atoms with E-state index in [-0.39, 0.29) is 11.1 Å². The maximum absolute atomic E-state index is 13.2. The summed E-state index contributed by atoms with van der Waals surface area (Å²) in [5, 5.41) is 14.7. The lowest BCUT2D eigenvalue weighted by Gasteiger charge is -2.40. The van der Waals surface area contributed by atoms with Crippen LogP contribution in [0.15, 0.2) is 48.5 Å². The van der Waals surface area contributed by atoms with E-state index in [1.54, 1.807) is 0 Å². The normalized spacial score (nSPS) is 17.0. The van der Waals surface area contributed by atoms with Crippen molar-refractivity contribution in [1.82, 2.24) is 5.32 Å². The van der Waals surface area contributed by atoms with Crippen molar-refractivity contribution in [2.45, 2.75) is 30.8 Å². The molecule has 2 N–H and O–H groups in total. The van der Waals surface area contributed by atoms with E-state index >= 15 is 0 Å². The smallest absolute Gasteiger partial charge is 0.380 e. The number of alkyl halides is 6. The van der Waals surface area contributed by atoms with Crippen molar-refractivity contribution in [3.05, 3.63) is 70.8 Å². The van der Waals surface area contributed by atoms with E-state index < -0.39 is 35.0 Å². The predicted octanol–water partition coefficient (Wildman–Crippen LogP) is 4.96. The molecule has 0 aromatic heterocycles. The van der Waals surface area contributed by atoms with Gasteiger partial charge in [0, 0.05) is 0 Å². The van der Waals surface area contributed by atoms with E-state index in [4.69, 9.17) is 0 Å². The molecule has 2 aromatic carbocycles. The first-order valence-corrected chi connectivity index (χ1v) is 8.81. The van der Waals surface area contributed by atoms with Gasteiger partial charge in [-0.15, -0.1) is 0 Å². The first kappa shape index (κ1) is 20.7. The van der Waals surface area contributed by atoms with Crippen LogP contribution in [0.25, 0.3) is 0 Å². The largest absolute Gasteiger partial charge is 0.416 e. The number of benzene rings is 2. The van der Waals surface area contributed by atoms with Crippen molar-refractivity contribution in [1.29, 1.82) is 0 Å². The van der Waals surface area contributed by atoms with Gasteiger partial charge in [-0.3, -0.25) is 0 Å². The summed E-state index contributed by atoms with van der Waals surface area (Å²) in [5.41, 5.74) is -4.00. The molecule has 0 amide bonds. The van der Waals surface area contributed by atoms with Gasteiger partial charge in [0.2, 0.25) is 0 Å². The molecule has 1 fully saturated rings. The summed E-state index contributed by atoms with van der Waals surface area (Å²) in [5.74, 6) is -0.527. The SMILES string of the molecule is OC(c1cccc(C(F)(F)F)c1)(c1cccc(C(F)(F)F)c1)C1CCNCC1. The first-order valence-electron chi connectivity index (χ1n) is 8.81. The molecule has 1 saturated heterocycles. The number of nitrogens with one attached hydrogen (secondary N) is 1. The van der Waals surface area contributed by atoms with E-state index in [0.29, 0.717) is 25.9 Å². The Kier molecular flexibility index (Phi) is 5.46. The second kappa shape index (κ2) is 7.40. The van der Waals surface area contributed by atoms with Crippen LogP contribution in [0.2, 0.25) is 0 Å². The minimum absolute atomic E-state index is 0.0615. The minimum atomic E-state index is -4.63. The molecule has 2 aromatic rings. The van der Waals surface area contributed by atoms with Crippen molar-refractivity contribution < 1.29 is 31.4 Å². The van der Waals surface area contributed by atoms with Crippen LogP contribution < -0.4 is 5.32 Å². The van der Waals surface area contributed by atoms with Crippen LogP contribution in [-0.2, 0) is 18.0 Å². The average molecular weight is 403 g/mol. The van der Waals surface area contributed by atoms with Gasteiger partial charge in [-0.05, 0) is 67.2 Å². The molecule has 2 nitrogen and oxygen atoms in total. The second-order valence-corrected chi connectivity index (χ2v) is 6.95. The van der Waals surface area contributed by atoms with Gasteiger partial charge in [0.1, 0.15) is 5.60 Å². The van der Waals surface area contributed by atoms with Crippen LogP contribution in [0.1, 0.15) is 35.1 Å². The summed E-state index contributed by atoms with van der Waals surface area (Å²) in [7, 11) is 0. The highest BCUT2D eigenvalue weighted by Crippen LogP contribution is 2.44. The highest BCUT2D eigenvalue weighted by molar-refractivity contribution is 5.41. The number of rotatable bonds is 3. The molecule has 0 saturated carbocycles. The van der Waals surface area contributed by atoms with Gasteiger partial charge in [-0.2, -0.15) is 26.3 Å². The fourth-order valence-corrected chi connectivity index (χ4v) is 3.74. The molecule has 0 radical (unpaired) electrons. The lowest BCUT2D eigenvalue weighted by Crippen LogP contribution is -2.43. The number of halogens is 6. The number of aliphatic hydroxyl groups is 1. The highest BCUT2D eigenvalue weighted by atomic mass is 19.4. The van der Waals surface area contributed by atoms with Crippen LogP contribution >= 0.6 is 0 Å². The Balaban J connectivity index is 2.17. The van der Waals surface area contributed by atoms with Crippen LogP contribution in [0.4, 0.5) is 26.3 Å². The van der Waals surface area contributed by atoms with Crippen LogP contribution in [0.3, 0.4) is 0 Å². The fraction of sp³-hybridized carbons (Fsp3) is 0.400. The van der Waals surface area contributed by atoms with E-state index in [0.717, 1.165) is 36.4 Å². The Morgan fingerprint density at radius 2 is 1.11 bits per heavy atom. The summed E-state index contributed by atoms with van der Waals surface area (Å²) < 4.78 is 79.1. The Morgan fingerprint density at radius 1 is 0.714 bits per heavy atom. The third kappa shape index (κ3) is 4.03. The molecule has 3 rings (SSSR count). The molecular weight excluding hydrogens is 384 g/mol. The van der Waals surface area contributed by atoms with Gasteiger partial charge < -0.3 is 10.4 Å². The van der Waals surface area contributed by atoms with Crippen molar-refractivity contribution in [2.24, 2.45) is 5.92 Å². The highest BCUT2D eigenvalue weighted by Gasteiger charge is 2.43. The summed E-state index contributed by atoms with van der Waals surface area (Å²) >= 11 is 0. The maximum Gasteiger partial charge on any atom is 0.416 e. The molecule has 8 heteroatoms. The minimum Gasteiger partial charge on any atom is -0.380 e. The molecule has 0 aliphatic carbocycles. The average Bonchev–Trinajstić information content (AvgIpc) is 2.67. The van der Waals surface area contributed by atoms with E-state index in [1.807, 2.05) is 0 Å². The molecule has 0 unspecified atom stereocenters. The summed E-state index contributed by atoms with van der Waals surface area (Å²) in [6.07, 6.45) is -8.41. The summed E-state index contributed by atoms with van der Waals surface area (Å²) in [6, 6.07) is 8.38. The first-order chi connectivity index (χ1) is 13.0. The molecular formula is C20H19F6NO. The van der Waals surface area contributed by atoms with Crippen molar-refractivity contribution in [3.8, 4) is 0 Å². The number of hydrogen-bond donors (Lipinski definition) is 2. The molecule has 1 aliphatic heterocycles. The molecule has 0 bridgehead atoms. The number of hydrogen-bond acceptors (Lipinski definition) is 2. The molecule has 0 atom stereocenters. The Bertz CT molecular complexity index is 766. The zero-order valence-electron chi connectivity index (χ0n) is 14.7.